The predicted molar refractivity (Wildman–Crippen MR) is 299 cm³/mol. The molecular formula is C70H47NO. The van der Waals surface area contributed by atoms with Gasteiger partial charge in [-0.1, -0.05) is 214 Å². The summed E-state index contributed by atoms with van der Waals surface area (Å²) in [6, 6.07) is 92.1. The van der Waals surface area contributed by atoms with Crippen LogP contribution in [-0.2, 0) is 10.8 Å². The molecule has 2 nitrogen and oxygen atoms in total. The van der Waals surface area contributed by atoms with Gasteiger partial charge in [0.25, 0.3) is 0 Å². The molecule has 0 saturated carbocycles. The molecule has 3 aliphatic carbocycles. The fourth-order valence-electron chi connectivity index (χ4n) is 13.2. The molecule has 338 valence electrons. The monoisotopic (exact) mass is 917 g/mol. The summed E-state index contributed by atoms with van der Waals surface area (Å²) in [5.41, 5.74) is 27.5. The maximum absolute atomic E-state index is 6.73. The van der Waals surface area contributed by atoms with Gasteiger partial charge in [-0.3, -0.25) is 0 Å². The standard InChI is InChI=1S/C70H47NO/c1-69(2)57-27-12-9-22-52(57)68-60(69)30-17-33-63(68)71(48-37-34-45(35-38-48)44-18-5-3-6-19-44)49-39-41-65-56(43-49)55-42-47(36-40-64(55)72-65)51-26-16-32-62-67(51)54-24-11-14-29-59(54)70(62)58-28-13-10-23-53(58)66-50(25-15-31-61(66)70)46-20-7-4-8-21-46/h3-43H,1-2H3. The van der Waals surface area contributed by atoms with Gasteiger partial charge in [-0.25, -0.2) is 0 Å². The van der Waals surface area contributed by atoms with Gasteiger partial charge in [0.15, 0.2) is 0 Å². The molecule has 0 fully saturated rings. The van der Waals surface area contributed by atoms with E-state index in [0.717, 1.165) is 44.6 Å². The molecule has 0 bridgehead atoms. The van der Waals surface area contributed by atoms with Gasteiger partial charge in [-0.05, 0) is 143 Å². The van der Waals surface area contributed by atoms with Crippen LogP contribution in [0, 0.1) is 0 Å². The molecule has 0 saturated heterocycles. The molecule has 1 aromatic heterocycles. The Morgan fingerprint density at radius 2 is 0.750 bits per heavy atom. The summed E-state index contributed by atoms with van der Waals surface area (Å²) in [6.07, 6.45) is 0. The van der Waals surface area contributed by atoms with E-state index < -0.39 is 5.41 Å². The lowest BCUT2D eigenvalue weighted by atomic mass is 9.70. The molecule has 1 atom stereocenters. The van der Waals surface area contributed by atoms with Crippen LogP contribution >= 0.6 is 0 Å². The summed E-state index contributed by atoms with van der Waals surface area (Å²) >= 11 is 0. The molecule has 1 unspecified atom stereocenters. The Balaban J connectivity index is 0.919. The smallest absolute Gasteiger partial charge is 0.135 e. The van der Waals surface area contributed by atoms with Gasteiger partial charge < -0.3 is 9.32 Å². The number of hydrogen-bond donors (Lipinski definition) is 0. The molecule has 2 heteroatoms. The highest BCUT2D eigenvalue weighted by Gasteiger charge is 2.52. The van der Waals surface area contributed by atoms with E-state index in [9.17, 15) is 0 Å². The minimum absolute atomic E-state index is 0.140. The van der Waals surface area contributed by atoms with Crippen molar-refractivity contribution in [2.75, 3.05) is 4.90 Å². The number of rotatable bonds is 6. The van der Waals surface area contributed by atoms with Crippen molar-refractivity contribution in [2.45, 2.75) is 24.7 Å². The Kier molecular flexibility index (Phi) is 8.66. The molecule has 3 aliphatic rings. The van der Waals surface area contributed by atoms with Crippen molar-refractivity contribution < 1.29 is 4.42 Å². The van der Waals surface area contributed by atoms with Gasteiger partial charge in [0.1, 0.15) is 11.2 Å². The number of hydrogen-bond acceptors (Lipinski definition) is 2. The van der Waals surface area contributed by atoms with Gasteiger partial charge in [0, 0.05) is 33.1 Å². The Bertz CT molecular complexity index is 4180. The molecule has 0 N–H and O–H groups in total. The Morgan fingerprint density at radius 3 is 1.40 bits per heavy atom. The highest BCUT2D eigenvalue weighted by atomic mass is 16.3. The molecule has 1 spiro atoms. The van der Waals surface area contributed by atoms with Crippen molar-refractivity contribution in [2.24, 2.45) is 0 Å². The van der Waals surface area contributed by atoms with Crippen molar-refractivity contribution in [3.63, 3.8) is 0 Å². The second-order valence-corrected chi connectivity index (χ2v) is 20.3. The molecule has 15 rings (SSSR count). The fourth-order valence-corrected chi connectivity index (χ4v) is 13.2. The highest BCUT2D eigenvalue weighted by Crippen LogP contribution is 2.65. The van der Waals surface area contributed by atoms with Crippen LogP contribution in [0.25, 0.3) is 88.7 Å². The minimum atomic E-state index is -0.476. The van der Waals surface area contributed by atoms with E-state index in [1.54, 1.807) is 0 Å². The molecule has 11 aromatic carbocycles. The van der Waals surface area contributed by atoms with Gasteiger partial charge in [0.2, 0.25) is 0 Å². The van der Waals surface area contributed by atoms with Crippen LogP contribution in [0.5, 0.6) is 0 Å². The lowest BCUT2D eigenvalue weighted by Crippen LogP contribution is -2.25. The van der Waals surface area contributed by atoms with E-state index in [4.69, 9.17) is 4.42 Å². The topological polar surface area (TPSA) is 16.4 Å². The first-order valence-electron chi connectivity index (χ1n) is 25.2. The van der Waals surface area contributed by atoms with Gasteiger partial charge in [-0.2, -0.15) is 0 Å². The van der Waals surface area contributed by atoms with E-state index in [1.807, 2.05) is 0 Å². The van der Waals surface area contributed by atoms with Gasteiger partial charge >= 0.3 is 0 Å². The quantitative estimate of drug-likeness (QED) is 0.165. The third-order valence-corrected chi connectivity index (χ3v) is 16.3. The first-order chi connectivity index (χ1) is 35.5. The normalized spacial score (nSPS) is 15.2. The molecule has 72 heavy (non-hydrogen) atoms. The maximum atomic E-state index is 6.73. The lowest BCUT2D eigenvalue weighted by molar-refractivity contribution is 0.660. The van der Waals surface area contributed by atoms with Crippen LogP contribution in [0.3, 0.4) is 0 Å². The fraction of sp³-hybridized carbons (Fsp3) is 0.0571. The van der Waals surface area contributed by atoms with Crippen LogP contribution < -0.4 is 4.90 Å². The van der Waals surface area contributed by atoms with Crippen molar-refractivity contribution in [1.82, 2.24) is 0 Å². The second kappa shape index (κ2) is 15.3. The van der Waals surface area contributed by atoms with Crippen molar-refractivity contribution in [3.05, 3.63) is 282 Å². The number of anilines is 3. The molecule has 12 aromatic rings. The Morgan fingerprint density at radius 1 is 0.306 bits per heavy atom. The summed E-state index contributed by atoms with van der Waals surface area (Å²) in [4.78, 5) is 2.45. The zero-order chi connectivity index (χ0) is 47.7. The Hall–Kier alpha value is -8.98. The molecule has 0 aliphatic heterocycles. The zero-order valence-electron chi connectivity index (χ0n) is 40.0. The number of fused-ring (bicyclic) bond motifs is 16. The first kappa shape index (κ1) is 40.9. The van der Waals surface area contributed by atoms with Gasteiger partial charge in [0.05, 0.1) is 11.1 Å². The number of furan rings is 1. The van der Waals surface area contributed by atoms with Gasteiger partial charge in [-0.15, -0.1) is 0 Å². The lowest BCUT2D eigenvalue weighted by Gasteiger charge is -2.30. The highest BCUT2D eigenvalue weighted by molar-refractivity contribution is 6.10. The summed E-state index contributed by atoms with van der Waals surface area (Å²) in [5.74, 6) is 0. The van der Waals surface area contributed by atoms with Crippen LogP contribution in [0.4, 0.5) is 17.1 Å². The second-order valence-electron chi connectivity index (χ2n) is 20.3. The van der Waals surface area contributed by atoms with E-state index in [-0.39, 0.29) is 5.41 Å². The summed E-state index contributed by atoms with van der Waals surface area (Å²) in [6.45, 7) is 4.71. The predicted octanol–water partition coefficient (Wildman–Crippen LogP) is 18.7. The van der Waals surface area contributed by atoms with Crippen LogP contribution in [0.15, 0.2) is 253 Å². The molecular weight excluding hydrogens is 871 g/mol. The SMILES string of the molecule is CC1(C)c2ccccc2-c2c(N(c3ccc(-c4ccccc4)cc3)c3ccc4oc5ccc(-c6cccc7c6-c6ccccc6C76c7ccccc7-c7c(-c8ccccc8)cccc76)cc5c4c3)cccc21. The summed E-state index contributed by atoms with van der Waals surface area (Å²) in [7, 11) is 0. The van der Waals surface area contributed by atoms with Crippen LogP contribution in [0.2, 0.25) is 0 Å². The first-order valence-corrected chi connectivity index (χ1v) is 25.2. The summed E-state index contributed by atoms with van der Waals surface area (Å²) < 4.78 is 6.73. The van der Waals surface area contributed by atoms with Crippen molar-refractivity contribution in [3.8, 4) is 66.8 Å². The number of benzene rings is 11. The largest absolute Gasteiger partial charge is 0.456 e. The summed E-state index contributed by atoms with van der Waals surface area (Å²) in [5, 5.41) is 2.18. The van der Waals surface area contributed by atoms with Crippen molar-refractivity contribution >= 4 is 39.0 Å². The third kappa shape index (κ3) is 5.61. The average Bonchev–Trinajstić information content (AvgIpc) is 4.14. The zero-order valence-corrected chi connectivity index (χ0v) is 40.0. The maximum Gasteiger partial charge on any atom is 0.135 e. The van der Waals surface area contributed by atoms with Crippen LogP contribution in [0.1, 0.15) is 47.2 Å². The van der Waals surface area contributed by atoms with Crippen LogP contribution in [-0.4, -0.2) is 0 Å². The van der Waals surface area contributed by atoms with E-state index in [2.05, 4.69) is 267 Å². The van der Waals surface area contributed by atoms with E-state index in [1.165, 1.54) is 94.6 Å². The minimum Gasteiger partial charge on any atom is -0.456 e. The molecule has 0 radical (unpaired) electrons. The van der Waals surface area contributed by atoms with E-state index >= 15 is 0 Å². The number of nitrogens with zero attached hydrogens (tertiary/aromatic N) is 1. The molecule has 1 heterocycles. The Labute approximate surface area is 419 Å². The van der Waals surface area contributed by atoms with Crippen molar-refractivity contribution in [1.29, 1.82) is 0 Å². The molecule has 0 amide bonds. The third-order valence-electron chi connectivity index (χ3n) is 16.3. The average molecular weight is 918 g/mol. The van der Waals surface area contributed by atoms with E-state index in [0.29, 0.717) is 0 Å².